The third kappa shape index (κ3) is 5.27. The van der Waals surface area contributed by atoms with Gasteiger partial charge in [0.25, 0.3) is 5.91 Å². The molecule has 1 amide bonds. The summed E-state index contributed by atoms with van der Waals surface area (Å²) in [6.45, 7) is 0.583. The summed E-state index contributed by atoms with van der Waals surface area (Å²) in [5.74, 6) is -0.0596. The van der Waals surface area contributed by atoms with E-state index in [-0.39, 0.29) is 5.57 Å². The molecule has 0 spiro atoms. The molecule has 0 bridgehead atoms. The van der Waals surface area contributed by atoms with E-state index in [4.69, 9.17) is 16.3 Å². The highest BCUT2D eigenvalue weighted by atomic mass is 35.5. The van der Waals surface area contributed by atoms with Gasteiger partial charge in [-0.15, -0.1) is 0 Å². The molecule has 25 heavy (non-hydrogen) atoms. The Hall–Kier alpha value is -2.97. The maximum absolute atomic E-state index is 12.4. The number of rotatable bonds is 6. The Morgan fingerprint density at radius 2 is 2.04 bits per heavy atom. The Balaban J connectivity index is 2.13. The van der Waals surface area contributed by atoms with E-state index in [1.165, 1.54) is 13.3 Å². The van der Waals surface area contributed by atoms with Gasteiger partial charge in [-0.2, -0.15) is 5.26 Å². The second kappa shape index (κ2) is 8.76. The Morgan fingerprint density at radius 1 is 1.32 bits per heavy atom. The number of nitriles is 1. The molecule has 0 fully saturated rings. The van der Waals surface area contributed by atoms with Crippen LogP contribution < -0.4 is 10.1 Å². The van der Waals surface area contributed by atoms with Crippen molar-refractivity contribution in [1.29, 1.82) is 5.26 Å². The van der Waals surface area contributed by atoms with Crippen LogP contribution in [0.2, 0.25) is 5.02 Å². The standard InChI is InChI=1S/C19H18ClN3O2/c1-23(12-14-6-4-3-5-7-14)13-15(11-21)19(24)22-17-10-16(20)8-9-18(17)25-2/h3-10,13H,12H2,1-2H3,(H,22,24)/b15-13-. The van der Waals surface area contributed by atoms with E-state index in [2.05, 4.69) is 5.32 Å². The summed E-state index contributed by atoms with van der Waals surface area (Å²) in [4.78, 5) is 14.2. The van der Waals surface area contributed by atoms with Crippen molar-refractivity contribution in [2.24, 2.45) is 0 Å². The normalized spacial score (nSPS) is 10.7. The van der Waals surface area contributed by atoms with Gasteiger partial charge in [0.1, 0.15) is 17.4 Å². The van der Waals surface area contributed by atoms with Crippen molar-refractivity contribution >= 4 is 23.2 Å². The fourth-order valence-corrected chi connectivity index (χ4v) is 2.42. The summed E-state index contributed by atoms with van der Waals surface area (Å²) in [7, 11) is 3.30. The lowest BCUT2D eigenvalue weighted by atomic mass is 10.2. The van der Waals surface area contributed by atoms with Crippen LogP contribution in [0.5, 0.6) is 5.75 Å². The smallest absolute Gasteiger partial charge is 0.267 e. The van der Waals surface area contributed by atoms with Crippen molar-refractivity contribution in [2.45, 2.75) is 6.54 Å². The van der Waals surface area contributed by atoms with Gasteiger partial charge in [-0.3, -0.25) is 4.79 Å². The largest absolute Gasteiger partial charge is 0.495 e. The number of benzene rings is 2. The van der Waals surface area contributed by atoms with Crippen LogP contribution in [0.25, 0.3) is 0 Å². The third-order valence-corrected chi connectivity index (χ3v) is 3.63. The second-order valence-corrected chi connectivity index (χ2v) is 5.79. The van der Waals surface area contributed by atoms with Crippen molar-refractivity contribution in [3.8, 4) is 11.8 Å². The third-order valence-electron chi connectivity index (χ3n) is 3.40. The summed E-state index contributed by atoms with van der Waals surface area (Å²) in [6, 6.07) is 16.6. The number of nitrogens with one attached hydrogen (secondary N) is 1. The van der Waals surface area contributed by atoms with E-state index >= 15 is 0 Å². The van der Waals surface area contributed by atoms with Gasteiger partial charge in [-0.25, -0.2) is 0 Å². The number of hydrogen-bond donors (Lipinski definition) is 1. The van der Waals surface area contributed by atoms with E-state index in [1.807, 2.05) is 36.4 Å². The van der Waals surface area contributed by atoms with Crippen LogP contribution in [-0.2, 0) is 11.3 Å². The highest BCUT2D eigenvalue weighted by Gasteiger charge is 2.13. The predicted octanol–water partition coefficient (Wildman–Crippen LogP) is 3.83. The molecular weight excluding hydrogens is 338 g/mol. The predicted molar refractivity (Wildman–Crippen MR) is 98.2 cm³/mol. The van der Waals surface area contributed by atoms with Gasteiger partial charge in [-0.05, 0) is 23.8 Å². The van der Waals surface area contributed by atoms with Gasteiger partial charge in [0.15, 0.2) is 0 Å². The monoisotopic (exact) mass is 355 g/mol. The molecule has 0 saturated carbocycles. The minimum atomic E-state index is -0.525. The Bertz CT molecular complexity index is 813. The van der Waals surface area contributed by atoms with E-state index < -0.39 is 5.91 Å². The van der Waals surface area contributed by atoms with Gasteiger partial charge in [0.05, 0.1) is 12.8 Å². The summed E-state index contributed by atoms with van der Waals surface area (Å²) in [5, 5.41) is 12.4. The Morgan fingerprint density at radius 3 is 2.68 bits per heavy atom. The molecule has 0 saturated heterocycles. The van der Waals surface area contributed by atoms with Crippen LogP contribution in [0.1, 0.15) is 5.56 Å². The number of nitrogens with zero attached hydrogens (tertiary/aromatic N) is 2. The molecule has 0 aliphatic rings. The van der Waals surface area contributed by atoms with Crippen LogP contribution in [0.3, 0.4) is 0 Å². The SMILES string of the molecule is COc1ccc(Cl)cc1NC(=O)/C(C#N)=C\N(C)Cc1ccccc1. The van der Waals surface area contributed by atoms with E-state index in [1.54, 1.807) is 30.1 Å². The first-order valence-corrected chi connectivity index (χ1v) is 7.92. The lowest BCUT2D eigenvalue weighted by molar-refractivity contribution is -0.112. The molecule has 2 aromatic carbocycles. The zero-order valence-corrected chi connectivity index (χ0v) is 14.7. The van der Waals surface area contributed by atoms with Crippen LogP contribution in [0.4, 0.5) is 5.69 Å². The summed E-state index contributed by atoms with van der Waals surface area (Å²) >= 11 is 5.95. The van der Waals surface area contributed by atoms with Crippen molar-refractivity contribution in [1.82, 2.24) is 4.90 Å². The van der Waals surface area contributed by atoms with Gasteiger partial charge < -0.3 is 15.0 Å². The summed E-state index contributed by atoms with van der Waals surface area (Å²) in [6.07, 6.45) is 1.51. The van der Waals surface area contributed by atoms with Gasteiger partial charge in [0.2, 0.25) is 0 Å². The Kier molecular flexibility index (Phi) is 6.44. The number of methoxy groups -OCH3 is 1. The molecule has 0 aliphatic heterocycles. The van der Waals surface area contributed by atoms with Crippen LogP contribution in [0.15, 0.2) is 60.3 Å². The zero-order chi connectivity index (χ0) is 18.2. The maximum atomic E-state index is 12.4. The average Bonchev–Trinajstić information content (AvgIpc) is 2.60. The molecular formula is C19H18ClN3O2. The van der Waals surface area contributed by atoms with Crippen LogP contribution in [-0.4, -0.2) is 25.0 Å². The van der Waals surface area contributed by atoms with Crippen molar-refractivity contribution in [2.75, 3.05) is 19.5 Å². The first kappa shape index (κ1) is 18.4. The van der Waals surface area contributed by atoms with Crippen LogP contribution in [0, 0.1) is 11.3 Å². The lowest BCUT2D eigenvalue weighted by Crippen LogP contribution is -2.18. The number of anilines is 1. The minimum Gasteiger partial charge on any atom is -0.495 e. The fourth-order valence-electron chi connectivity index (χ4n) is 2.24. The van der Waals surface area contributed by atoms with Gasteiger partial charge in [0, 0.05) is 24.8 Å². The topological polar surface area (TPSA) is 65.4 Å². The molecule has 6 heteroatoms. The molecule has 5 nitrogen and oxygen atoms in total. The highest BCUT2D eigenvalue weighted by molar-refractivity contribution is 6.31. The molecule has 2 aromatic rings. The molecule has 0 aliphatic carbocycles. The van der Waals surface area contributed by atoms with E-state index in [9.17, 15) is 10.1 Å². The number of halogens is 1. The molecule has 128 valence electrons. The van der Waals surface area contributed by atoms with Crippen molar-refractivity contribution in [3.05, 3.63) is 70.9 Å². The highest BCUT2D eigenvalue weighted by Crippen LogP contribution is 2.28. The first-order valence-electron chi connectivity index (χ1n) is 7.54. The Labute approximate surface area is 152 Å². The number of carbonyl (C=O) groups is 1. The van der Waals surface area contributed by atoms with E-state index in [0.717, 1.165) is 5.56 Å². The molecule has 0 aromatic heterocycles. The fraction of sp³-hybridized carbons (Fsp3) is 0.158. The zero-order valence-electron chi connectivity index (χ0n) is 14.0. The number of carbonyl (C=O) groups excluding carboxylic acids is 1. The number of hydrogen-bond acceptors (Lipinski definition) is 4. The van der Waals surface area contributed by atoms with Crippen molar-refractivity contribution < 1.29 is 9.53 Å². The summed E-state index contributed by atoms with van der Waals surface area (Å²) in [5.41, 5.74) is 1.47. The van der Waals surface area contributed by atoms with Gasteiger partial charge in [-0.1, -0.05) is 41.9 Å². The molecule has 2 rings (SSSR count). The second-order valence-electron chi connectivity index (χ2n) is 5.35. The average molecular weight is 356 g/mol. The van der Waals surface area contributed by atoms with E-state index in [0.29, 0.717) is 23.0 Å². The molecule has 1 N–H and O–H groups in total. The van der Waals surface area contributed by atoms with Gasteiger partial charge >= 0.3 is 0 Å². The molecule has 0 radical (unpaired) electrons. The quantitative estimate of drug-likeness (QED) is 0.631. The minimum absolute atomic E-state index is 0.0135. The van der Waals surface area contributed by atoms with Crippen molar-refractivity contribution in [3.63, 3.8) is 0 Å². The molecule has 0 heterocycles. The first-order chi connectivity index (χ1) is 12.0. The molecule has 0 unspecified atom stereocenters. The number of amides is 1. The lowest BCUT2D eigenvalue weighted by Gasteiger charge is -2.15. The molecule has 0 atom stereocenters. The summed E-state index contributed by atoms with van der Waals surface area (Å²) < 4.78 is 5.19. The van der Waals surface area contributed by atoms with Crippen LogP contribution >= 0.6 is 11.6 Å². The maximum Gasteiger partial charge on any atom is 0.267 e. The number of ether oxygens (including phenoxy) is 1.